The summed E-state index contributed by atoms with van der Waals surface area (Å²) in [6.07, 6.45) is 1.50. The molecule has 1 aromatic heterocycles. The van der Waals surface area contributed by atoms with Gasteiger partial charge >= 0.3 is 0 Å². The Balaban J connectivity index is 1.55. The molecule has 0 amide bonds. The van der Waals surface area contributed by atoms with Gasteiger partial charge in [0.05, 0.1) is 35.8 Å². The van der Waals surface area contributed by atoms with Gasteiger partial charge in [0.25, 0.3) is 0 Å². The van der Waals surface area contributed by atoms with E-state index in [2.05, 4.69) is 37.6 Å². The normalized spacial score (nSPS) is 13.6. The average molecular weight is 372 g/mol. The molecule has 0 bridgehead atoms. The molecule has 7 heteroatoms. The van der Waals surface area contributed by atoms with Crippen molar-refractivity contribution in [2.75, 3.05) is 41.8 Å². The Bertz CT molecular complexity index is 994. The van der Waals surface area contributed by atoms with E-state index in [4.69, 9.17) is 4.74 Å². The lowest BCUT2D eigenvalue weighted by molar-refractivity contribution is 0.123. The van der Waals surface area contributed by atoms with Crippen LogP contribution in [0.4, 0.5) is 28.7 Å². The highest BCUT2D eigenvalue weighted by atomic mass is 16.5. The third kappa shape index (κ3) is 4.03. The molecule has 28 heavy (non-hydrogen) atoms. The number of hydrogen-bond acceptors (Lipinski definition) is 7. The fourth-order valence-corrected chi connectivity index (χ4v) is 3.12. The Morgan fingerprint density at radius 1 is 0.893 bits per heavy atom. The number of ether oxygens (including phenoxy) is 1. The summed E-state index contributed by atoms with van der Waals surface area (Å²) in [5, 5.41) is 15.8. The lowest BCUT2D eigenvalue weighted by Crippen LogP contribution is -2.36. The van der Waals surface area contributed by atoms with E-state index >= 15 is 0 Å². The second-order valence-corrected chi connectivity index (χ2v) is 6.31. The van der Waals surface area contributed by atoms with Crippen molar-refractivity contribution in [3.05, 3.63) is 66.5 Å². The molecule has 1 aliphatic heterocycles. The highest BCUT2D eigenvalue weighted by molar-refractivity contribution is 5.75. The highest BCUT2D eigenvalue weighted by Gasteiger charge is 2.15. The smallest absolute Gasteiger partial charge is 0.135 e. The van der Waals surface area contributed by atoms with Crippen molar-refractivity contribution >= 4 is 28.7 Å². The van der Waals surface area contributed by atoms with E-state index in [0.29, 0.717) is 22.9 Å². The minimum atomic E-state index is 0.563. The maximum atomic E-state index is 9.25. The predicted molar refractivity (Wildman–Crippen MR) is 109 cm³/mol. The first kappa shape index (κ1) is 17.8. The molecule has 0 atom stereocenters. The van der Waals surface area contributed by atoms with Crippen LogP contribution in [0.1, 0.15) is 5.56 Å². The van der Waals surface area contributed by atoms with E-state index in [0.717, 1.165) is 37.7 Å². The van der Waals surface area contributed by atoms with E-state index in [1.54, 1.807) is 6.07 Å². The summed E-state index contributed by atoms with van der Waals surface area (Å²) < 4.78 is 5.46. The quantitative estimate of drug-likeness (QED) is 0.706. The summed E-state index contributed by atoms with van der Waals surface area (Å²) in [5.41, 5.74) is 3.37. The van der Waals surface area contributed by atoms with Gasteiger partial charge in [-0.1, -0.05) is 24.3 Å². The van der Waals surface area contributed by atoms with Crippen LogP contribution in [0.25, 0.3) is 0 Å². The molecular formula is C21H20N6O. The van der Waals surface area contributed by atoms with Crippen LogP contribution in [0, 0.1) is 11.3 Å². The van der Waals surface area contributed by atoms with E-state index in [1.807, 2.05) is 42.5 Å². The summed E-state index contributed by atoms with van der Waals surface area (Å²) in [6, 6.07) is 19.5. The number of hydrogen-bond donors (Lipinski definition) is 2. The van der Waals surface area contributed by atoms with Crippen LogP contribution in [0.2, 0.25) is 0 Å². The molecule has 4 rings (SSSR count). The van der Waals surface area contributed by atoms with Crippen LogP contribution in [0.3, 0.4) is 0 Å². The molecule has 0 radical (unpaired) electrons. The second kappa shape index (κ2) is 8.37. The van der Waals surface area contributed by atoms with Gasteiger partial charge in [0.1, 0.15) is 24.0 Å². The summed E-state index contributed by atoms with van der Waals surface area (Å²) >= 11 is 0. The van der Waals surface area contributed by atoms with Crippen LogP contribution in [-0.4, -0.2) is 36.3 Å². The number of morpholine rings is 1. The predicted octanol–water partition coefficient (Wildman–Crippen LogP) is 3.67. The van der Waals surface area contributed by atoms with Gasteiger partial charge in [-0.3, -0.25) is 0 Å². The zero-order valence-electron chi connectivity index (χ0n) is 15.3. The van der Waals surface area contributed by atoms with Gasteiger partial charge in [-0.2, -0.15) is 5.26 Å². The summed E-state index contributed by atoms with van der Waals surface area (Å²) in [6.45, 7) is 3.18. The molecule has 2 heterocycles. The fraction of sp³-hybridized carbons (Fsp3) is 0.190. The first-order chi connectivity index (χ1) is 13.8. The summed E-state index contributed by atoms with van der Waals surface area (Å²) in [7, 11) is 0. The molecule has 0 spiro atoms. The van der Waals surface area contributed by atoms with E-state index in [9.17, 15) is 5.26 Å². The third-order valence-corrected chi connectivity index (χ3v) is 4.50. The Kier molecular flexibility index (Phi) is 5.31. The minimum Gasteiger partial charge on any atom is -0.378 e. The van der Waals surface area contributed by atoms with Crippen molar-refractivity contribution in [3.8, 4) is 6.07 Å². The summed E-state index contributed by atoms with van der Waals surface area (Å²) in [5.74, 6) is 1.29. The monoisotopic (exact) mass is 372 g/mol. The van der Waals surface area contributed by atoms with Crippen molar-refractivity contribution in [3.63, 3.8) is 0 Å². The maximum absolute atomic E-state index is 9.25. The first-order valence-electron chi connectivity index (χ1n) is 9.10. The number of aromatic nitrogens is 2. The van der Waals surface area contributed by atoms with Crippen LogP contribution in [-0.2, 0) is 4.74 Å². The SMILES string of the molecule is N#Cc1ccccc1Nc1cc(Nc2ccccc2N2CCOCC2)ncn1. The number of rotatable bonds is 5. The minimum absolute atomic E-state index is 0.563. The standard InChI is InChI=1S/C21H20N6O/c22-14-16-5-1-2-6-17(16)25-20-13-21(24-15-23-20)26-18-7-3-4-8-19(18)27-9-11-28-12-10-27/h1-8,13,15H,9-12H2,(H2,23,24,25,26). The topological polar surface area (TPSA) is 86.1 Å². The molecule has 2 N–H and O–H groups in total. The number of nitrogens with zero attached hydrogens (tertiary/aromatic N) is 4. The molecule has 1 fully saturated rings. The number of para-hydroxylation sites is 3. The molecule has 0 aliphatic carbocycles. The zero-order valence-corrected chi connectivity index (χ0v) is 15.3. The van der Waals surface area contributed by atoms with Crippen LogP contribution in [0.15, 0.2) is 60.9 Å². The molecular weight excluding hydrogens is 352 g/mol. The van der Waals surface area contributed by atoms with Crippen molar-refractivity contribution in [1.82, 2.24) is 9.97 Å². The van der Waals surface area contributed by atoms with E-state index < -0.39 is 0 Å². The van der Waals surface area contributed by atoms with Gasteiger partial charge < -0.3 is 20.3 Å². The lowest BCUT2D eigenvalue weighted by atomic mass is 10.2. The van der Waals surface area contributed by atoms with Gasteiger partial charge in [-0.05, 0) is 24.3 Å². The van der Waals surface area contributed by atoms with Crippen LogP contribution >= 0.6 is 0 Å². The molecule has 140 valence electrons. The molecule has 1 saturated heterocycles. The Hall–Kier alpha value is -3.63. The summed E-state index contributed by atoms with van der Waals surface area (Å²) in [4.78, 5) is 10.9. The van der Waals surface area contributed by atoms with Gasteiger partial charge in [0.2, 0.25) is 0 Å². The Morgan fingerprint density at radius 3 is 2.29 bits per heavy atom. The van der Waals surface area contributed by atoms with Gasteiger partial charge in [0.15, 0.2) is 0 Å². The van der Waals surface area contributed by atoms with Crippen LogP contribution in [0.5, 0.6) is 0 Å². The van der Waals surface area contributed by atoms with E-state index in [1.165, 1.54) is 6.33 Å². The van der Waals surface area contributed by atoms with Gasteiger partial charge in [-0.25, -0.2) is 9.97 Å². The van der Waals surface area contributed by atoms with Crippen LogP contribution < -0.4 is 15.5 Å². The first-order valence-corrected chi connectivity index (χ1v) is 9.10. The number of nitriles is 1. The lowest BCUT2D eigenvalue weighted by Gasteiger charge is -2.30. The Labute approximate surface area is 163 Å². The molecule has 3 aromatic rings. The second-order valence-electron chi connectivity index (χ2n) is 6.31. The van der Waals surface area contributed by atoms with Crippen molar-refractivity contribution in [2.45, 2.75) is 0 Å². The maximum Gasteiger partial charge on any atom is 0.135 e. The highest BCUT2D eigenvalue weighted by Crippen LogP contribution is 2.29. The molecule has 1 aliphatic rings. The number of nitrogens with one attached hydrogen (secondary N) is 2. The Morgan fingerprint density at radius 2 is 1.54 bits per heavy atom. The molecule has 0 unspecified atom stereocenters. The zero-order chi connectivity index (χ0) is 19.2. The molecule has 7 nitrogen and oxygen atoms in total. The third-order valence-electron chi connectivity index (χ3n) is 4.50. The largest absolute Gasteiger partial charge is 0.378 e. The van der Waals surface area contributed by atoms with E-state index in [-0.39, 0.29) is 0 Å². The van der Waals surface area contributed by atoms with Gasteiger partial charge in [0, 0.05) is 19.2 Å². The number of anilines is 5. The number of benzene rings is 2. The molecule has 2 aromatic carbocycles. The van der Waals surface area contributed by atoms with Gasteiger partial charge in [-0.15, -0.1) is 0 Å². The van der Waals surface area contributed by atoms with Crippen molar-refractivity contribution in [1.29, 1.82) is 5.26 Å². The average Bonchev–Trinajstić information content (AvgIpc) is 2.75. The van der Waals surface area contributed by atoms with Crippen molar-refractivity contribution in [2.24, 2.45) is 0 Å². The fourth-order valence-electron chi connectivity index (χ4n) is 3.12. The molecule has 0 saturated carbocycles. The van der Waals surface area contributed by atoms with Crippen molar-refractivity contribution < 1.29 is 4.74 Å².